The molecule has 192 valence electrons. The van der Waals surface area contributed by atoms with E-state index in [9.17, 15) is 9.59 Å². The van der Waals surface area contributed by atoms with E-state index in [2.05, 4.69) is 48.5 Å². The van der Waals surface area contributed by atoms with E-state index < -0.39 is 5.92 Å². The third-order valence-corrected chi connectivity index (χ3v) is 11.8. The number of carbonyl (C=O) groups is 2. The van der Waals surface area contributed by atoms with E-state index in [0.717, 1.165) is 37.0 Å². The lowest BCUT2D eigenvalue weighted by molar-refractivity contribution is -0.157. The lowest BCUT2D eigenvalue weighted by atomic mass is 9.44. The van der Waals surface area contributed by atoms with E-state index in [1.807, 2.05) is 0 Å². The molecule has 34 heavy (non-hydrogen) atoms. The fourth-order valence-corrected chi connectivity index (χ4v) is 9.60. The van der Waals surface area contributed by atoms with Gasteiger partial charge in [0, 0.05) is 5.92 Å². The fraction of sp³-hybridized carbons (Fsp3) is 0.871. The van der Waals surface area contributed by atoms with Crippen LogP contribution in [-0.2, 0) is 14.3 Å². The number of carbonyl (C=O) groups excluding carboxylic acids is 2. The number of Topliss-reactive ketones (excluding diaryl/α,β-unsaturated/α-hetero) is 1. The molecule has 0 aliphatic heterocycles. The van der Waals surface area contributed by atoms with Crippen LogP contribution in [0.25, 0.3) is 0 Å². The maximum atomic E-state index is 13.1. The topological polar surface area (TPSA) is 43.4 Å². The van der Waals surface area contributed by atoms with Crippen molar-refractivity contribution in [3.05, 3.63) is 11.1 Å². The molecule has 0 saturated heterocycles. The molecule has 3 nitrogen and oxygen atoms in total. The summed E-state index contributed by atoms with van der Waals surface area (Å²) in [5, 5.41) is 0. The first-order chi connectivity index (χ1) is 15.9. The van der Waals surface area contributed by atoms with Crippen LogP contribution >= 0.6 is 0 Å². The molecule has 0 unspecified atom stereocenters. The SMILES string of the molecule is COC(=O)[C@@H]1C[C@]2(C)C3=C(CC[C@H]2[C@H](C)C1=O)[C@]1(C)CC[C@H]([C@@H](C)CCCC(C)C)[C@@]1(C)CC3. The second kappa shape index (κ2) is 9.07. The zero-order chi connectivity index (χ0) is 25.1. The first-order valence-corrected chi connectivity index (χ1v) is 14.2. The van der Waals surface area contributed by atoms with Crippen molar-refractivity contribution in [1.82, 2.24) is 0 Å². The Bertz CT molecular complexity index is 855. The van der Waals surface area contributed by atoms with Crippen molar-refractivity contribution < 1.29 is 14.3 Å². The van der Waals surface area contributed by atoms with Crippen LogP contribution in [0.3, 0.4) is 0 Å². The summed E-state index contributed by atoms with van der Waals surface area (Å²) >= 11 is 0. The van der Waals surface area contributed by atoms with Crippen molar-refractivity contribution >= 4 is 11.8 Å². The highest BCUT2D eigenvalue weighted by Gasteiger charge is 2.63. The molecule has 0 bridgehead atoms. The molecular weight excluding hydrogens is 420 g/mol. The molecule has 2 saturated carbocycles. The summed E-state index contributed by atoms with van der Waals surface area (Å²) in [6.07, 6.45) is 12.0. The molecule has 0 aromatic heterocycles. The van der Waals surface area contributed by atoms with E-state index in [-0.39, 0.29) is 28.5 Å². The Hall–Kier alpha value is -1.12. The molecule has 4 rings (SSSR count). The summed E-state index contributed by atoms with van der Waals surface area (Å²) in [6.45, 7) is 16.9. The van der Waals surface area contributed by atoms with E-state index >= 15 is 0 Å². The molecule has 2 fully saturated rings. The Morgan fingerprint density at radius 3 is 2.38 bits per heavy atom. The molecule has 0 radical (unpaired) electrons. The largest absolute Gasteiger partial charge is 0.468 e. The highest BCUT2D eigenvalue weighted by Crippen LogP contribution is 2.71. The van der Waals surface area contributed by atoms with Crippen molar-refractivity contribution in [2.45, 2.75) is 113 Å². The van der Waals surface area contributed by atoms with E-state index in [1.54, 1.807) is 11.1 Å². The first-order valence-electron chi connectivity index (χ1n) is 14.2. The van der Waals surface area contributed by atoms with Crippen molar-refractivity contribution in [2.24, 2.45) is 51.8 Å². The maximum absolute atomic E-state index is 13.1. The molecule has 0 aromatic carbocycles. The Kier molecular flexibility index (Phi) is 6.93. The third-order valence-electron chi connectivity index (χ3n) is 11.8. The molecule has 3 heteroatoms. The van der Waals surface area contributed by atoms with Crippen molar-refractivity contribution in [3.8, 4) is 0 Å². The van der Waals surface area contributed by atoms with E-state index in [0.29, 0.717) is 17.8 Å². The first kappa shape index (κ1) is 26.0. The van der Waals surface area contributed by atoms with Crippen LogP contribution in [-0.4, -0.2) is 18.9 Å². The highest BCUT2D eigenvalue weighted by molar-refractivity contribution is 6.01. The molecule has 4 aliphatic rings. The molecule has 0 heterocycles. The van der Waals surface area contributed by atoms with Gasteiger partial charge >= 0.3 is 5.97 Å². The predicted octanol–water partition coefficient (Wildman–Crippen LogP) is 7.78. The number of rotatable bonds is 6. The number of hydrogen-bond donors (Lipinski definition) is 0. The average Bonchev–Trinajstić information content (AvgIpc) is 3.07. The standard InChI is InChI=1S/C31H50O3/c1-19(2)10-9-11-20(3)23-14-16-31(7)26-13-12-24-21(4)27(32)22(28(33)34-8)18-29(24,5)25(26)15-17-30(23,31)6/h19-24H,9-18H2,1-8H3/t20-,21-,22+,23+,24-,29-,30+,31-/m0/s1. The van der Waals surface area contributed by atoms with Gasteiger partial charge < -0.3 is 4.74 Å². The van der Waals surface area contributed by atoms with Gasteiger partial charge in [0.2, 0.25) is 0 Å². The van der Waals surface area contributed by atoms with Gasteiger partial charge in [0.1, 0.15) is 11.7 Å². The number of methoxy groups -OCH3 is 1. The van der Waals surface area contributed by atoms with Gasteiger partial charge in [-0.25, -0.2) is 0 Å². The highest BCUT2D eigenvalue weighted by atomic mass is 16.5. The zero-order valence-corrected chi connectivity index (χ0v) is 23.3. The third kappa shape index (κ3) is 3.74. The number of fused-ring (bicyclic) bond motifs is 4. The molecule has 4 aliphatic carbocycles. The fourth-order valence-electron chi connectivity index (χ4n) is 9.60. The monoisotopic (exact) mass is 470 g/mol. The van der Waals surface area contributed by atoms with E-state index in [1.165, 1.54) is 45.6 Å². The molecular formula is C31H50O3. The molecule has 0 N–H and O–H groups in total. The van der Waals surface area contributed by atoms with Crippen LogP contribution < -0.4 is 0 Å². The minimum atomic E-state index is -0.591. The summed E-state index contributed by atoms with van der Waals surface area (Å²) < 4.78 is 5.09. The van der Waals surface area contributed by atoms with Gasteiger partial charge in [0.25, 0.3) is 0 Å². The van der Waals surface area contributed by atoms with Gasteiger partial charge in [-0.05, 0) is 84.9 Å². The molecule has 0 amide bonds. The summed E-state index contributed by atoms with van der Waals surface area (Å²) in [7, 11) is 1.42. The maximum Gasteiger partial charge on any atom is 0.316 e. The van der Waals surface area contributed by atoms with Crippen molar-refractivity contribution in [3.63, 3.8) is 0 Å². The normalized spacial score (nSPS) is 42.8. The van der Waals surface area contributed by atoms with Gasteiger partial charge in [-0.15, -0.1) is 0 Å². The summed E-state index contributed by atoms with van der Waals surface area (Å²) in [6, 6.07) is 0. The van der Waals surface area contributed by atoms with Gasteiger partial charge in [-0.1, -0.05) is 78.9 Å². The number of ether oxygens (including phenoxy) is 1. The summed E-state index contributed by atoms with van der Waals surface area (Å²) in [5.74, 6) is 1.89. The Morgan fingerprint density at radius 2 is 1.74 bits per heavy atom. The summed E-state index contributed by atoms with van der Waals surface area (Å²) in [5.41, 5.74) is 3.93. The smallest absolute Gasteiger partial charge is 0.316 e. The lowest BCUT2D eigenvalue weighted by Gasteiger charge is -2.59. The number of allylic oxidation sites excluding steroid dienone is 2. The number of hydrogen-bond acceptors (Lipinski definition) is 3. The second-order valence-electron chi connectivity index (χ2n) is 13.7. The van der Waals surface area contributed by atoms with Crippen LogP contribution in [0.1, 0.15) is 113 Å². The molecule has 0 aromatic rings. The van der Waals surface area contributed by atoms with Crippen LogP contribution in [0.5, 0.6) is 0 Å². The van der Waals surface area contributed by atoms with Crippen LogP contribution in [0, 0.1) is 51.8 Å². The number of ketones is 1. The van der Waals surface area contributed by atoms with E-state index in [4.69, 9.17) is 4.74 Å². The van der Waals surface area contributed by atoms with Crippen LogP contribution in [0.4, 0.5) is 0 Å². The van der Waals surface area contributed by atoms with Crippen LogP contribution in [0.15, 0.2) is 11.1 Å². The number of esters is 1. The Balaban J connectivity index is 1.65. The Labute approximate surface area is 208 Å². The minimum absolute atomic E-state index is 0.0505. The van der Waals surface area contributed by atoms with Crippen molar-refractivity contribution in [1.29, 1.82) is 0 Å². The Morgan fingerprint density at radius 1 is 1.03 bits per heavy atom. The predicted molar refractivity (Wildman–Crippen MR) is 138 cm³/mol. The second-order valence-corrected chi connectivity index (χ2v) is 13.7. The summed E-state index contributed by atoms with van der Waals surface area (Å²) in [4.78, 5) is 25.7. The van der Waals surface area contributed by atoms with Crippen molar-refractivity contribution in [2.75, 3.05) is 7.11 Å². The molecule has 0 spiro atoms. The quantitative estimate of drug-likeness (QED) is 0.226. The van der Waals surface area contributed by atoms with Gasteiger partial charge in [-0.3, -0.25) is 9.59 Å². The zero-order valence-electron chi connectivity index (χ0n) is 23.3. The molecule has 8 atom stereocenters. The lowest BCUT2D eigenvalue weighted by Crippen LogP contribution is -2.54. The van der Waals surface area contributed by atoms with Gasteiger partial charge in [0.15, 0.2) is 0 Å². The average molecular weight is 471 g/mol. The van der Waals surface area contributed by atoms with Gasteiger partial charge in [0.05, 0.1) is 7.11 Å². The minimum Gasteiger partial charge on any atom is -0.468 e. The van der Waals surface area contributed by atoms with Gasteiger partial charge in [-0.2, -0.15) is 0 Å². The van der Waals surface area contributed by atoms with Crippen LogP contribution in [0.2, 0.25) is 0 Å².